The van der Waals surface area contributed by atoms with Gasteiger partial charge in [-0.05, 0) is 19.1 Å². The van der Waals surface area contributed by atoms with Gasteiger partial charge in [-0.15, -0.1) is 0 Å². The quantitative estimate of drug-likeness (QED) is 0.591. The van der Waals surface area contributed by atoms with Gasteiger partial charge in [0.25, 0.3) is 0 Å². The fourth-order valence-electron chi connectivity index (χ4n) is 1.08. The standard InChI is InChI=1S/C12H15NO2/c1-2-15-12(14)9-6-10-13-11-7-4-3-5-8-11/h3-9,13H,2,10H2,1H3. The molecule has 0 bridgehead atoms. The van der Waals surface area contributed by atoms with Crippen molar-refractivity contribution in [3.8, 4) is 0 Å². The van der Waals surface area contributed by atoms with Gasteiger partial charge in [-0.2, -0.15) is 0 Å². The molecule has 80 valence electrons. The van der Waals surface area contributed by atoms with Crippen LogP contribution < -0.4 is 5.32 Å². The summed E-state index contributed by atoms with van der Waals surface area (Å²) in [4.78, 5) is 10.9. The topological polar surface area (TPSA) is 38.3 Å². The molecule has 0 aromatic heterocycles. The number of anilines is 1. The molecule has 1 aromatic rings. The highest BCUT2D eigenvalue weighted by molar-refractivity contribution is 5.81. The Bertz CT molecular complexity index is 320. The van der Waals surface area contributed by atoms with Crippen molar-refractivity contribution in [2.75, 3.05) is 18.5 Å². The van der Waals surface area contributed by atoms with E-state index in [4.69, 9.17) is 4.74 Å². The summed E-state index contributed by atoms with van der Waals surface area (Å²) < 4.78 is 4.74. The summed E-state index contributed by atoms with van der Waals surface area (Å²) in [5.41, 5.74) is 1.03. The van der Waals surface area contributed by atoms with Crippen LogP contribution in [0.3, 0.4) is 0 Å². The largest absolute Gasteiger partial charge is 0.463 e. The van der Waals surface area contributed by atoms with Gasteiger partial charge in [0.2, 0.25) is 0 Å². The van der Waals surface area contributed by atoms with Gasteiger partial charge >= 0.3 is 5.97 Å². The lowest BCUT2D eigenvalue weighted by molar-refractivity contribution is -0.137. The first kappa shape index (κ1) is 11.3. The van der Waals surface area contributed by atoms with Crippen molar-refractivity contribution in [1.82, 2.24) is 0 Å². The third-order valence-corrected chi connectivity index (χ3v) is 1.74. The Morgan fingerprint density at radius 1 is 1.40 bits per heavy atom. The molecule has 0 unspecified atom stereocenters. The minimum Gasteiger partial charge on any atom is -0.463 e. The van der Waals surface area contributed by atoms with Crippen molar-refractivity contribution >= 4 is 11.7 Å². The second-order valence-electron chi connectivity index (χ2n) is 2.90. The van der Waals surface area contributed by atoms with Crippen LogP contribution in [0.1, 0.15) is 6.92 Å². The molecule has 3 heteroatoms. The van der Waals surface area contributed by atoms with Crippen molar-refractivity contribution in [3.63, 3.8) is 0 Å². The number of hydrogen-bond donors (Lipinski definition) is 1. The highest BCUT2D eigenvalue weighted by Gasteiger charge is 1.91. The summed E-state index contributed by atoms with van der Waals surface area (Å²) >= 11 is 0. The zero-order chi connectivity index (χ0) is 10.9. The molecule has 1 rings (SSSR count). The Hall–Kier alpha value is -1.77. The molecule has 0 saturated heterocycles. The maximum absolute atomic E-state index is 10.9. The van der Waals surface area contributed by atoms with Crippen molar-refractivity contribution in [3.05, 3.63) is 42.5 Å². The lowest BCUT2D eigenvalue weighted by atomic mass is 10.3. The molecule has 0 aliphatic heterocycles. The van der Waals surface area contributed by atoms with E-state index in [-0.39, 0.29) is 5.97 Å². The molecule has 0 atom stereocenters. The summed E-state index contributed by atoms with van der Waals surface area (Å²) in [6.45, 7) is 2.81. The highest BCUT2D eigenvalue weighted by Crippen LogP contribution is 2.03. The number of hydrogen-bond acceptors (Lipinski definition) is 3. The Kier molecular flexibility index (Phi) is 5.01. The number of esters is 1. The van der Waals surface area contributed by atoms with E-state index in [1.165, 1.54) is 6.08 Å². The highest BCUT2D eigenvalue weighted by atomic mass is 16.5. The Morgan fingerprint density at radius 2 is 2.13 bits per heavy atom. The van der Waals surface area contributed by atoms with Gasteiger partial charge < -0.3 is 10.1 Å². The van der Waals surface area contributed by atoms with E-state index >= 15 is 0 Å². The number of nitrogens with one attached hydrogen (secondary N) is 1. The van der Waals surface area contributed by atoms with Crippen molar-refractivity contribution in [1.29, 1.82) is 0 Å². The van der Waals surface area contributed by atoms with Crippen LogP contribution in [0.4, 0.5) is 5.69 Å². The average molecular weight is 205 g/mol. The molecule has 0 heterocycles. The molecule has 1 aromatic carbocycles. The van der Waals surface area contributed by atoms with Gasteiger partial charge in [-0.1, -0.05) is 24.3 Å². The molecular formula is C12H15NO2. The molecule has 0 saturated carbocycles. The van der Waals surface area contributed by atoms with Crippen LogP contribution in [0.2, 0.25) is 0 Å². The van der Waals surface area contributed by atoms with Crippen molar-refractivity contribution in [2.24, 2.45) is 0 Å². The van der Waals surface area contributed by atoms with Gasteiger partial charge in [0.15, 0.2) is 0 Å². The van der Waals surface area contributed by atoms with Crippen molar-refractivity contribution in [2.45, 2.75) is 6.92 Å². The summed E-state index contributed by atoms with van der Waals surface area (Å²) in [6, 6.07) is 9.81. The van der Waals surface area contributed by atoms with E-state index < -0.39 is 0 Å². The van der Waals surface area contributed by atoms with Gasteiger partial charge in [0, 0.05) is 18.3 Å². The van der Waals surface area contributed by atoms with Crippen LogP contribution in [0.15, 0.2) is 42.5 Å². The first-order chi connectivity index (χ1) is 7.33. The minimum atomic E-state index is -0.299. The predicted octanol–water partition coefficient (Wildman–Crippen LogP) is 2.22. The van der Waals surface area contributed by atoms with E-state index in [9.17, 15) is 4.79 Å². The van der Waals surface area contributed by atoms with E-state index in [2.05, 4.69) is 5.32 Å². The molecule has 0 radical (unpaired) electrons. The Labute approximate surface area is 89.8 Å². The second-order valence-corrected chi connectivity index (χ2v) is 2.90. The molecule has 1 N–H and O–H groups in total. The van der Waals surface area contributed by atoms with Crippen LogP contribution in [-0.2, 0) is 9.53 Å². The Balaban J connectivity index is 2.24. The second kappa shape index (κ2) is 6.65. The van der Waals surface area contributed by atoms with Crippen LogP contribution >= 0.6 is 0 Å². The van der Waals surface area contributed by atoms with Gasteiger partial charge in [0.1, 0.15) is 0 Å². The van der Waals surface area contributed by atoms with E-state index in [1.54, 1.807) is 13.0 Å². The molecular weight excluding hydrogens is 190 g/mol. The van der Waals surface area contributed by atoms with Crippen molar-refractivity contribution < 1.29 is 9.53 Å². The number of rotatable bonds is 5. The third kappa shape index (κ3) is 4.86. The van der Waals surface area contributed by atoms with Gasteiger partial charge in [-0.25, -0.2) is 4.79 Å². The lowest BCUT2D eigenvalue weighted by Crippen LogP contribution is -2.02. The van der Waals surface area contributed by atoms with E-state index in [0.29, 0.717) is 13.2 Å². The molecule has 0 fully saturated rings. The first-order valence-electron chi connectivity index (χ1n) is 4.95. The maximum atomic E-state index is 10.9. The summed E-state index contributed by atoms with van der Waals surface area (Å²) in [5, 5.41) is 3.15. The molecule has 3 nitrogen and oxygen atoms in total. The smallest absolute Gasteiger partial charge is 0.330 e. The SMILES string of the molecule is CCOC(=O)C=CCNc1ccccc1. The van der Waals surface area contributed by atoms with Crippen LogP contribution in [-0.4, -0.2) is 19.1 Å². The predicted molar refractivity (Wildman–Crippen MR) is 60.7 cm³/mol. The number of ether oxygens (including phenoxy) is 1. The third-order valence-electron chi connectivity index (χ3n) is 1.74. The molecule has 0 aliphatic carbocycles. The zero-order valence-electron chi connectivity index (χ0n) is 8.77. The molecule has 0 aliphatic rings. The molecule has 0 spiro atoms. The fraction of sp³-hybridized carbons (Fsp3) is 0.250. The number of carbonyl (C=O) groups excluding carboxylic acids is 1. The first-order valence-corrected chi connectivity index (χ1v) is 4.95. The maximum Gasteiger partial charge on any atom is 0.330 e. The summed E-state index contributed by atoms with van der Waals surface area (Å²) in [5.74, 6) is -0.299. The number of carbonyl (C=O) groups is 1. The number of para-hydroxylation sites is 1. The number of benzene rings is 1. The van der Waals surface area contributed by atoms with Crippen LogP contribution in [0.25, 0.3) is 0 Å². The van der Waals surface area contributed by atoms with Gasteiger partial charge in [0.05, 0.1) is 6.61 Å². The normalized spacial score (nSPS) is 10.2. The molecule has 0 amide bonds. The monoisotopic (exact) mass is 205 g/mol. The van der Waals surface area contributed by atoms with Gasteiger partial charge in [-0.3, -0.25) is 0 Å². The van der Waals surface area contributed by atoms with Crippen LogP contribution in [0.5, 0.6) is 0 Å². The lowest BCUT2D eigenvalue weighted by Gasteiger charge is -2.01. The fourth-order valence-corrected chi connectivity index (χ4v) is 1.08. The Morgan fingerprint density at radius 3 is 2.80 bits per heavy atom. The average Bonchev–Trinajstić information content (AvgIpc) is 2.26. The van der Waals surface area contributed by atoms with E-state index in [0.717, 1.165) is 5.69 Å². The molecule has 15 heavy (non-hydrogen) atoms. The minimum absolute atomic E-state index is 0.299. The summed E-state index contributed by atoms with van der Waals surface area (Å²) in [7, 11) is 0. The van der Waals surface area contributed by atoms with Crippen LogP contribution in [0, 0.1) is 0 Å². The zero-order valence-corrected chi connectivity index (χ0v) is 8.77. The summed E-state index contributed by atoms with van der Waals surface area (Å²) in [6.07, 6.45) is 3.17. The van der Waals surface area contributed by atoms with E-state index in [1.807, 2.05) is 30.3 Å².